The number of anilines is 1. The molecule has 0 bridgehead atoms. The van der Waals surface area contributed by atoms with E-state index in [-0.39, 0.29) is 0 Å². The smallest absolute Gasteiger partial charge is 0.193 e. The van der Waals surface area contributed by atoms with Crippen molar-refractivity contribution in [3.63, 3.8) is 0 Å². The molecule has 0 amide bonds. The fraction of sp³-hybridized carbons (Fsp3) is 0.650. The van der Waals surface area contributed by atoms with Gasteiger partial charge in [0, 0.05) is 51.5 Å². The van der Waals surface area contributed by atoms with Crippen LogP contribution in [-0.4, -0.2) is 50.6 Å². The van der Waals surface area contributed by atoms with Gasteiger partial charge in [-0.25, -0.2) is 8.78 Å². The third kappa shape index (κ3) is 4.46. The fourth-order valence-electron chi connectivity index (χ4n) is 4.32. The molecule has 2 saturated heterocycles. The minimum Gasteiger partial charge on any atom is -0.371 e. The number of nitrogens with one attached hydrogen (secondary N) is 1. The summed E-state index contributed by atoms with van der Waals surface area (Å²) in [7, 11) is 1.84. The number of rotatable bonds is 3. The first kappa shape index (κ1) is 18.9. The summed E-state index contributed by atoms with van der Waals surface area (Å²) in [5.41, 5.74) is 0.759. The maximum absolute atomic E-state index is 13.5. The fourth-order valence-corrected chi connectivity index (χ4v) is 4.32. The molecule has 26 heavy (non-hydrogen) atoms. The normalized spacial score (nSPS) is 27.1. The van der Waals surface area contributed by atoms with Crippen molar-refractivity contribution in [1.82, 2.24) is 10.2 Å². The van der Waals surface area contributed by atoms with Gasteiger partial charge in [-0.2, -0.15) is 0 Å². The number of guanidine groups is 1. The van der Waals surface area contributed by atoms with Gasteiger partial charge in [0.2, 0.25) is 0 Å². The second kappa shape index (κ2) is 8.23. The van der Waals surface area contributed by atoms with Crippen LogP contribution >= 0.6 is 0 Å². The van der Waals surface area contributed by atoms with Gasteiger partial charge in [0.1, 0.15) is 0 Å². The molecule has 0 spiro atoms. The molecule has 0 saturated carbocycles. The lowest BCUT2D eigenvalue weighted by atomic mass is 9.92. The maximum atomic E-state index is 13.5. The monoisotopic (exact) mass is 364 g/mol. The molecule has 3 unspecified atom stereocenters. The number of likely N-dealkylation sites (tertiary alicyclic amines) is 1. The highest BCUT2D eigenvalue weighted by Crippen LogP contribution is 2.25. The molecule has 2 aliphatic rings. The zero-order chi connectivity index (χ0) is 18.7. The standard InChI is InChI=1S/C20H30F2N4/c1-14-8-15(2)12-26(11-14)20(23-3)24-10-16-6-7-25(13-16)17-4-5-18(21)19(22)9-17/h4-5,9,14-16H,6-8,10-13H2,1-3H3,(H,23,24). The van der Waals surface area contributed by atoms with Crippen LogP contribution in [0.1, 0.15) is 26.7 Å². The molecule has 3 atom stereocenters. The second-order valence-corrected chi connectivity index (χ2v) is 7.98. The van der Waals surface area contributed by atoms with Crippen molar-refractivity contribution < 1.29 is 8.78 Å². The first-order chi connectivity index (χ1) is 12.5. The van der Waals surface area contributed by atoms with Crippen molar-refractivity contribution in [2.24, 2.45) is 22.7 Å². The van der Waals surface area contributed by atoms with Crippen LogP contribution in [0.5, 0.6) is 0 Å². The number of aliphatic imine (C=N–C) groups is 1. The van der Waals surface area contributed by atoms with Crippen LogP contribution in [0.3, 0.4) is 0 Å². The number of halogens is 2. The summed E-state index contributed by atoms with van der Waals surface area (Å²) in [5.74, 6) is 1.26. The topological polar surface area (TPSA) is 30.9 Å². The zero-order valence-electron chi connectivity index (χ0n) is 16.0. The minimum atomic E-state index is -0.792. The SMILES string of the molecule is CN=C(NCC1CCN(c2ccc(F)c(F)c2)C1)N1CC(C)CC(C)C1. The number of piperidine rings is 1. The van der Waals surface area contributed by atoms with Crippen LogP contribution in [0.25, 0.3) is 0 Å². The van der Waals surface area contributed by atoms with Crippen molar-refractivity contribution in [1.29, 1.82) is 0 Å². The zero-order valence-corrected chi connectivity index (χ0v) is 16.0. The highest BCUT2D eigenvalue weighted by Gasteiger charge is 2.26. The van der Waals surface area contributed by atoms with Crippen LogP contribution in [-0.2, 0) is 0 Å². The van der Waals surface area contributed by atoms with Crippen LogP contribution in [0.15, 0.2) is 23.2 Å². The molecule has 1 N–H and O–H groups in total. The third-order valence-electron chi connectivity index (χ3n) is 5.48. The number of benzene rings is 1. The highest BCUT2D eigenvalue weighted by atomic mass is 19.2. The van der Waals surface area contributed by atoms with Gasteiger partial charge in [0.25, 0.3) is 0 Å². The molecule has 144 valence electrons. The van der Waals surface area contributed by atoms with E-state index in [4.69, 9.17) is 0 Å². The first-order valence-electron chi connectivity index (χ1n) is 9.61. The van der Waals surface area contributed by atoms with Crippen LogP contribution in [0.4, 0.5) is 14.5 Å². The molecule has 0 radical (unpaired) electrons. The number of nitrogens with zero attached hydrogens (tertiary/aromatic N) is 3. The molecule has 1 aromatic rings. The van der Waals surface area contributed by atoms with E-state index < -0.39 is 11.6 Å². The van der Waals surface area contributed by atoms with Gasteiger partial charge in [0.05, 0.1) is 0 Å². The lowest BCUT2D eigenvalue weighted by molar-refractivity contribution is 0.208. The average molecular weight is 364 g/mol. The summed E-state index contributed by atoms with van der Waals surface area (Å²) in [6, 6.07) is 4.15. The van der Waals surface area contributed by atoms with Gasteiger partial charge in [-0.1, -0.05) is 13.8 Å². The van der Waals surface area contributed by atoms with Gasteiger partial charge >= 0.3 is 0 Å². The number of hydrogen-bond acceptors (Lipinski definition) is 2. The predicted octanol–water partition coefficient (Wildman–Crippen LogP) is 3.34. The van der Waals surface area contributed by atoms with Crippen molar-refractivity contribution in [2.45, 2.75) is 26.7 Å². The Bertz CT molecular complexity index is 639. The summed E-state index contributed by atoms with van der Waals surface area (Å²) in [5, 5.41) is 3.53. The van der Waals surface area contributed by atoms with Gasteiger partial charge in [-0.15, -0.1) is 0 Å². The summed E-state index contributed by atoms with van der Waals surface area (Å²) in [6.45, 7) is 9.27. The quantitative estimate of drug-likeness (QED) is 0.659. The van der Waals surface area contributed by atoms with E-state index in [0.717, 1.165) is 50.8 Å². The molecule has 1 aromatic carbocycles. The van der Waals surface area contributed by atoms with Crippen molar-refractivity contribution >= 4 is 11.6 Å². The third-order valence-corrected chi connectivity index (χ3v) is 5.48. The molecular formula is C20H30F2N4. The summed E-state index contributed by atoms with van der Waals surface area (Å²) < 4.78 is 26.6. The molecule has 0 aromatic heterocycles. The van der Waals surface area contributed by atoms with E-state index in [1.165, 1.54) is 18.6 Å². The molecule has 6 heteroatoms. The van der Waals surface area contributed by atoms with Gasteiger partial charge in [-0.05, 0) is 42.7 Å². The van der Waals surface area contributed by atoms with E-state index in [2.05, 4.69) is 34.0 Å². The minimum absolute atomic E-state index is 0.472. The molecule has 2 aliphatic heterocycles. The van der Waals surface area contributed by atoms with E-state index in [9.17, 15) is 8.78 Å². The van der Waals surface area contributed by atoms with Crippen LogP contribution in [0, 0.1) is 29.4 Å². The lowest BCUT2D eigenvalue weighted by Gasteiger charge is -2.37. The van der Waals surface area contributed by atoms with E-state index >= 15 is 0 Å². The second-order valence-electron chi connectivity index (χ2n) is 7.98. The lowest BCUT2D eigenvalue weighted by Crippen LogP contribution is -2.49. The van der Waals surface area contributed by atoms with E-state index in [1.807, 2.05) is 7.05 Å². The molecular weight excluding hydrogens is 334 g/mol. The Morgan fingerprint density at radius 3 is 2.54 bits per heavy atom. The van der Waals surface area contributed by atoms with Gasteiger partial charge in [0.15, 0.2) is 17.6 Å². The van der Waals surface area contributed by atoms with E-state index in [0.29, 0.717) is 17.8 Å². The molecule has 4 nitrogen and oxygen atoms in total. The molecule has 3 rings (SSSR count). The largest absolute Gasteiger partial charge is 0.371 e. The summed E-state index contributed by atoms with van der Waals surface area (Å²) >= 11 is 0. The Hall–Kier alpha value is -1.85. The first-order valence-corrected chi connectivity index (χ1v) is 9.61. The van der Waals surface area contributed by atoms with Gasteiger partial charge < -0.3 is 15.1 Å². The molecule has 0 aliphatic carbocycles. The Kier molecular flexibility index (Phi) is 5.99. The van der Waals surface area contributed by atoms with Crippen molar-refractivity contribution in [3.05, 3.63) is 29.8 Å². The summed E-state index contributed by atoms with van der Waals surface area (Å²) in [6.07, 6.45) is 2.31. The predicted molar refractivity (Wildman–Crippen MR) is 103 cm³/mol. The molecule has 2 fully saturated rings. The summed E-state index contributed by atoms with van der Waals surface area (Å²) in [4.78, 5) is 8.96. The van der Waals surface area contributed by atoms with Gasteiger partial charge in [-0.3, -0.25) is 4.99 Å². The molecule has 2 heterocycles. The Balaban J connectivity index is 1.52. The Morgan fingerprint density at radius 2 is 1.88 bits per heavy atom. The van der Waals surface area contributed by atoms with Crippen LogP contribution < -0.4 is 10.2 Å². The van der Waals surface area contributed by atoms with Crippen LogP contribution in [0.2, 0.25) is 0 Å². The van der Waals surface area contributed by atoms with Crippen molar-refractivity contribution in [3.8, 4) is 0 Å². The van der Waals surface area contributed by atoms with Crippen molar-refractivity contribution in [2.75, 3.05) is 44.7 Å². The Morgan fingerprint density at radius 1 is 1.15 bits per heavy atom. The highest BCUT2D eigenvalue weighted by molar-refractivity contribution is 5.80. The number of hydrogen-bond donors (Lipinski definition) is 1. The average Bonchev–Trinajstić information content (AvgIpc) is 3.06. The Labute approximate surface area is 155 Å². The van der Waals surface area contributed by atoms with E-state index in [1.54, 1.807) is 6.07 Å². The maximum Gasteiger partial charge on any atom is 0.193 e.